The van der Waals surface area contributed by atoms with Crippen LogP contribution in [0.3, 0.4) is 0 Å². The molecule has 1 aromatic rings. The Kier molecular flexibility index (Phi) is 4.80. The van der Waals surface area contributed by atoms with Gasteiger partial charge in [0.1, 0.15) is 17.1 Å². The standard InChI is InChI=1S/C14H16FNO3/c1-8(2)13(17)11(14(18)19-3)12(16)9-4-6-10(15)7-5-9/h4-8,16-17H,1-3H3/b13-11-,16-12?. The van der Waals surface area contributed by atoms with E-state index in [1.807, 2.05) is 0 Å². The number of aliphatic hydroxyl groups excluding tert-OH is 1. The van der Waals surface area contributed by atoms with Crippen molar-refractivity contribution in [3.05, 3.63) is 47.0 Å². The Morgan fingerprint density at radius 2 is 1.84 bits per heavy atom. The highest BCUT2D eigenvalue weighted by Gasteiger charge is 2.23. The number of aliphatic hydroxyl groups is 1. The van der Waals surface area contributed by atoms with Crippen molar-refractivity contribution < 1.29 is 19.0 Å². The maximum absolute atomic E-state index is 12.8. The van der Waals surface area contributed by atoms with Crippen molar-refractivity contribution in [2.24, 2.45) is 5.92 Å². The van der Waals surface area contributed by atoms with Crippen LogP contribution in [0, 0.1) is 17.1 Å². The summed E-state index contributed by atoms with van der Waals surface area (Å²) in [5.41, 5.74) is -0.0730. The van der Waals surface area contributed by atoms with Crippen molar-refractivity contribution in [1.82, 2.24) is 0 Å². The van der Waals surface area contributed by atoms with Gasteiger partial charge in [0, 0.05) is 11.5 Å². The number of carbonyl (C=O) groups excluding carboxylic acids is 1. The van der Waals surface area contributed by atoms with Crippen LogP contribution in [0.2, 0.25) is 0 Å². The number of carbonyl (C=O) groups is 1. The quantitative estimate of drug-likeness (QED) is 0.380. The number of ether oxygens (including phenoxy) is 1. The zero-order valence-electron chi connectivity index (χ0n) is 11.0. The summed E-state index contributed by atoms with van der Waals surface area (Å²) < 4.78 is 17.4. The normalized spacial score (nSPS) is 12.1. The second kappa shape index (κ2) is 6.13. The van der Waals surface area contributed by atoms with Gasteiger partial charge in [-0.1, -0.05) is 13.8 Å². The molecule has 0 amide bonds. The van der Waals surface area contributed by atoms with Crippen molar-refractivity contribution in [3.63, 3.8) is 0 Å². The van der Waals surface area contributed by atoms with E-state index in [-0.39, 0.29) is 23.0 Å². The Morgan fingerprint density at radius 3 is 2.26 bits per heavy atom. The number of methoxy groups -OCH3 is 1. The Hall–Kier alpha value is -2.17. The largest absolute Gasteiger partial charge is 0.511 e. The predicted molar refractivity (Wildman–Crippen MR) is 69.7 cm³/mol. The van der Waals surface area contributed by atoms with E-state index in [9.17, 15) is 14.3 Å². The fourth-order valence-corrected chi connectivity index (χ4v) is 1.49. The van der Waals surface area contributed by atoms with Crippen molar-refractivity contribution in [3.8, 4) is 0 Å². The average Bonchev–Trinajstić information content (AvgIpc) is 2.39. The molecule has 0 spiro atoms. The molecule has 0 bridgehead atoms. The summed E-state index contributed by atoms with van der Waals surface area (Å²) in [7, 11) is 1.17. The Labute approximate surface area is 111 Å². The molecule has 102 valence electrons. The van der Waals surface area contributed by atoms with Crippen LogP contribution < -0.4 is 0 Å². The molecule has 4 nitrogen and oxygen atoms in total. The number of benzene rings is 1. The third kappa shape index (κ3) is 3.40. The fraction of sp³-hybridized carbons (Fsp3) is 0.286. The van der Waals surface area contributed by atoms with E-state index in [0.717, 1.165) is 0 Å². The SMILES string of the molecule is COC(=O)/C(C(=N)c1ccc(F)cc1)=C(\O)C(C)C. The smallest absolute Gasteiger partial charge is 0.343 e. The highest BCUT2D eigenvalue weighted by molar-refractivity contribution is 6.25. The minimum Gasteiger partial charge on any atom is -0.511 e. The first kappa shape index (κ1) is 14.9. The van der Waals surface area contributed by atoms with Crippen LogP contribution in [0.5, 0.6) is 0 Å². The lowest BCUT2D eigenvalue weighted by Crippen LogP contribution is -2.19. The molecule has 0 saturated heterocycles. The van der Waals surface area contributed by atoms with Crippen molar-refractivity contribution in [1.29, 1.82) is 5.41 Å². The second-order valence-corrected chi connectivity index (χ2v) is 4.29. The van der Waals surface area contributed by atoms with Gasteiger partial charge < -0.3 is 9.84 Å². The molecule has 0 aliphatic rings. The van der Waals surface area contributed by atoms with Crippen LogP contribution in [-0.2, 0) is 9.53 Å². The van der Waals surface area contributed by atoms with E-state index in [1.165, 1.54) is 31.4 Å². The Bertz CT molecular complexity index is 518. The third-order valence-corrected chi connectivity index (χ3v) is 2.58. The van der Waals surface area contributed by atoms with Gasteiger partial charge in [0.25, 0.3) is 0 Å². The van der Waals surface area contributed by atoms with Gasteiger partial charge in [0.05, 0.1) is 12.8 Å². The number of allylic oxidation sites excluding steroid dienone is 1. The molecule has 1 rings (SSSR count). The van der Waals surface area contributed by atoms with Crippen LogP contribution >= 0.6 is 0 Å². The molecule has 0 radical (unpaired) electrons. The Morgan fingerprint density at radius 1 is 1.32 bits per heavy atom. The van der Waals surface area contributed by atoms with Crippen LogP contribution in [0.4, 0.5) is 4.39 Å². The molecule has 0 aliphatic heterocycles. The first-order valence-electron chi connectivity index (χ1n) is 5.74. The Balaban J connectivity index is 3.27. The van der Waals surface area contributed by atoms with Gasteiger partial charge in [-0.2, -0.15) is 0 Å². The number of rotatable bonds is 4. The van der Waals surface area contributed by atoms with Crippen molar-refractivity contribution >= 4 is 11.7 Å². The van der Waals surface area contributed by atoms with E-state index in [0.29, 0.717) is 5.56 Å². The molecule has 0 saturated carbocycles. The summed E-state index contributed by atoms with van der Waals surface area (Å²) in [6.07, 6.45) is 0. The molecule has 0 fully saturated rings. The molecule has 19 heavy (non-hydrogen) atoms. The molecule has 2 N–H and O–H groups in total. The fourth-order valence-electron chi connectivity index (χ4n) is 1.49. The first-order valence-corrected chi connectivity index (χ1v) is 5.74. The maximum Gasteiger partial charge on any atom is 0.343 e. The zero-order valence-corrected chi connectivity index (χ0v) is 11.0. The molecule has 0 heterocycles. The molecule has 0 aliphatic carbocycles. The third-order valence-electron chi connectivity index (χ3n) is 2.58. The van der Waals surface area contributed by atoms with Crippen LogP contribution in [0.15, 0.2) is 35.6 Å². The number of halogens is 1. The van der Waals surface area contributed by atoms with Gasteiger partial charge in [-0.05, 0) is 24.3 Å². The molecule has 1 aromatic carbocycles. The number of esters is 1. The van der Waals surface area contributed by atoms with Crippen molar-refractivity contribution in [2.45, 2.75) is 13.8 Å². The molecule has 5 heteroatoms. The highest BCUT2D eigenvalue weighted by atomic mass is 19.1. The highest BCUT2D eigenvalue weighted by Crippen LogP contribution is 2.18. The lowest BCUT2D eigenvalue weighted by Gasteiger charge is -2.12. The molecule has 0 unspecified atom stereocenters. The first-order chi connectivity index (χ1) is 8.88. The summed E-state index contributed by atoms with van der Waals surface area (Å²) in [5, 5.41) is 17.9. The summed E-state index contributed by atoms with van der Waals surface area (Å²) in [6, 6.07) is 5.11. The topological polar surface area (TPSA) is 70.4 Å². The maximum atomic E-state index is 12.8. The minimum absolute atomic E-state index is 0.196. The van der Waals surface area contributed by atoms with Crippen molar-refractivity contribution in [2.75, 3.05) is 7.11 Å². The van der Waals surface area contributed by atoms with E-state index >= 15 is 0 Å². The van der Waals surface area contributed by atoms with E-state index in [4.69, 9.17) is 5.41 Å². The van der Waals surface area contributed by atoms with Gasteiger partial charge in [0.15, 0.2) is 0 Å². The second-order valence-electron chi connectivity index (χ2n) is 4.29. The molecule has 0 atom stereocenters. The molecular formula is C14H16FNO3. The lowest BCUT2D eigenvalue weighted by molar-refractivity contribution is -0.135. The van der Waals surface area contributed by atoms with Gasteiger partial charge >= 0.3 is 5.97 Å². The van der Waals surface area contributed by atoms with Crippen LogP contribution in [-0.4, -0.2) is 23.9 Å². The number of hydrogen-bond acceptors (Lipinski definition) is 4. The van der Waals surface area contributed by atoms with Gasteiger partial charge in [0.2, 0.25) is 0 Å². The lowest BCUT2D eigenvalue weighted by atomic mass is 9.97. The summed E-state index contributed by atoms with van der Waals surface area (Å²) >= 11 is 0. The van der Waals surface area contributed by atoms with Crippen LogP contribution in [0.1, 0.15) is 19.4 Å². The van der Waals surface area contributed by atoms with Crippen LogP contribution in [0.25, 0.3) is 0 Å². The van der Waals surface area contributed by atoms with E-state index < -0.39 is 11.8 Å². The number of hydrogen-bond donors (Lipinski definition) is 2. The van der Waals surface area contributed by atoms with E-state index in [2.05, 4.69) is 4.74 Å². The summed E-state index contributed by atoms with van der Waals surface area (Å²) in [4.78, 5) is 11.7. The van der Waals surface area contributed by atoms with Gasteiger partial charge in [-0.25, -0.2) is 9.18 Å². The zero-order chi connectivity index (χ0) is 14.6. The molecular weight excluding hydrogens is 249 g/mol. The van der Waals surface area contributed by atoms with Gasteiger partial charge in [-0.15, -0.1) is 0 Å². The van der Waals surface area contributed by atoms with E-state index in [1.54, 1.807) is 13.8 Å². The predicted octanol–water partition coefficient (Wildman–Crippen LogP) is 2.83. The van der Waals surface area contributed by atoms with Gasteiger partial charge in [-0.3, -0.25) is 5.41 Å². The number of nitrogens with one attached hydrogen (secondary N) is 1. The molecule has 0 aromatic heterocycles. The summed E-state index contributed by atoms with van der Waals surface area (Å²) in [5.74, 6) is -1.77. The minimum atomic E-state index is -0.791. The average molecular weight is 265 g/mol. The monoisotopic (exact) mass is 265 g/mol. The summed E-state index contributed by atoms with van der Waals surface area (Å²) in [6.45, 7) is 3.38.